The second-order valence-electron chi connectivity index (χ2n) is 6.09. The fraction of sp³-hybridized carbons (Fsp3) is 0.333. The van der Waals surface area contributed by atoms with Crippen molar-refractivity contribution in [3.63, 3.8) is 0 Å². The van der Waals surface area contributed by atoms with Crippen molar-refractivity contribution in [2.75, 3.05) is 19.6 Å². The monoisotopic (exact) mass is 359 g/mol. The molecule has 1 aliphatic heterocycles. The Balaban J connectivity index is 1.66. The lowest BCUT2D eigenvalue weighted by atomic mass is 9.95. The van der Waals surface area contributed by atoms with Crippen LogP contribution in [0.15, 0.2) is 53.7 Å². The molecule has 7 heteroatoms. The van der Waals surface area contributed by atoms with E-state index in [9.17, 15) is 13.2 Å². The summed E-state index contributed by atoms with van der Waals surface area (Å²) in [7, 11) is -3.52. The molecule has 2 aromatic rings. The highest BCUT2D eigenvalue weighted by atomic mass is 32.2. The molecule has 0 atom stereocenters. The highest BCUT2D eigenvalue weighted by Crippen LogP contribution is 2.31. The van der Waals surface area contributed by atoms with Crippen LogP contribution >= 0.6 is 0 Å². The number of rotatable bonds is 6. The Bertz CT molecular complexity index is 830. The van der Waals surface area contributed by atoms with Crippen LogP contribution in [-0.4, -0.2) is 43.2 Å². The Morgan fingerprint density at radius 1 is 1.24 bits per heavy atom. The van der Waals surface area contributed by atoms with E-state index in [1.165, 1.54) is 16.4 Å². The van der Waals surface area contributed by atoms with Crippen molar-refractivity contribution < 1.29 is 13.2 Å². The van der Waals surface area contributed by atoms with Crippen LogP contribution in [0.4, 0.5) is 0 Å². The summed E-state index contributed by atoms with van der Waals surface area (Å²) in [6.45, 7) is 3.48. The molecule has 1 saturated heterocycles. The highest BCUT2D eigenvalue weighted by Gasteiger charge is 2.37. The predicted octanol–water partition coefficient (Wildman–Crippen LogP) is 2.01. The van der Waals surface area contributed by atoms with Crippen molar-refractivity contribution in [3.05, 3.63) is 59.9 Å². The van der Waals surface area contributed by atoms with Crippen molar-refractivity contribution in [1.29, 1.82) is 0 Å². The fourth-order valence-electron chi connectivity index (χ4n) is 2.73. The number of carbonyl (C=O) groups excluding carboxylic acids is 1. The topological polar surface area (TPSA) is 79.4 Å². The van der Waals surface area contributed by atoms with Gasteiger partial charge >= 0.3 is 0 Å². The van der Waals surface area contributed by atoms with Gasteiger partial charge in [0.05, 0.1) is 4.90 Å². The minimum atomic E-state index is -3.52. The largest absolute Gasteiger partial charge is 0.352 e. The molecule has 0 bridgehead atoms. The Kier molecular flexibility index (Phi) is 5.15. The normalized spacial score (nSPS) is 15.6. The van der Waals surface area contributed by atoms with Crippen LogP contribution in [0, 0.1) is 0 Å². The Morgan fingerprint density at radius 3 is 2.56 bits per heavy atom. The minimum absolute atomic E-state index is 0.183. The molecule has 0 unspecified atom stereocenters. The number of hydrogen-bond donors (Lipinski definition) is 1. The molecular formula is C18H21N3O3S. The van der Waals surface area contributed by atoms with Crippen LogP contribution in [0.1, 0.15) is 35.2 Å². The van der Waals surface area contributed by atoms with Gasteiger partial charge < -0.3 is 5.32 Å². The summed E-state index contributed by atoms with van der Waals surface area (Å²) in [5, 5.41) is 2.77. The average Bonchev–Trinajstić information content (AvgIpc) is 2.59. The molecule has 3 rings (SSSR count). The van der Waals surface area contributed by atoms with Gasteiger partial charge in [-0.15, -0.1) is 0 Å². The number of hydrogen-bond acceptors (Lipinski definition) is 4. The maximum absolute atomic E-state index is 12.7. The molecule has 132 valence electrons. The van der Waals surface area contributed by atoms with Crippen molar-refractivity contribution in [1.82, 2.24) is 14.6 Å². The zero-order valence-electron chi connectivity index (χ0n) is 14.1. The van der Waals surface area contributed by atoms with Gasteiger partial charge in [-0.05, 0) is 42.3 Å². The summed E-state index contributed by atoms with van der Waals surface area (Å²) < 4.78 is 26.8. The van der Waals surface area contributed by atoms with Crippen LogP contribution in [0.25, 0.3) is 0 Å². The molecule has 1 aromatic carbocycles. The van der Waals surface area contributed by atoms with Gasteiger partial charge in [0, 0.05) is 43.5 Å². The number of aromatic nitrogens is 1. The number of amides is 1. The summed E-state index contributed by atoms with van der Waals surface area (Å²) in [5.74, 6) is -0.00559. The van der Waals surface area contributed by atoms with Crippen LogP contribution in [-0.2, 0) is 10.0 Å². The molecule has 0 aliphatic carbocycles. The second-order valence-corrected chi connectivity index (χ2v) is 8.02. The Morgan fingerprint density at radius 2 is 1.96 bits per heavy atom. The first-order chi connectivity index (χ1) is 12.0. The van der Waals surface area contributed by atoms with E-state index in [2.05, 4.69) is 10.3 Å². The lowest BCUT2D eigenvalue weighted by Gasteiger charge is -2.38. The number of nitrogens with one attached hydrogen (secondary N) is 1. The molecule has 0 radical (unpaired) electrons. The summed E-state index contributed by atoms with van der Waals surface area (Å²) in [4.78, 5) is 16.2. The number of carbonyl (C=O) groups is 1. The summed E-state index contributed by atoms with van der Waals surface area (Å²) in [6.07, 6.45) is 4.33. The predicted molar refractivity (Wildman–Crippen MR) is 94.8 cm³/mol. The summed E-state index contributed by atoms with van der Waals surface area (Å²) in [6, 6.07) is 9.91. The van der Waals surface area contributed by atoms with E-state index < -0.39 is 10.0 Å². The first-order valence-corrected chi connectivity index (χ1v) is 9.74. The standard InChI is InChI=1S/C18H21N3O3S/c1-2-9-20-18(22)14-5-7-17(8-6-14)25(23,24)21-12-16(13-21)15-4-3-10-19-11-15/h3-8,10-11,16H,2,9,12-13H2,1H3,(H,20,22). The van der Waals surface area contributed by atoms with Gasteiger partial charge in [-0.25, -0.2) is 8.42 Å². The molecule has 2 heterocycles. The molecular weight excluding hydrogens is 338 g/mol. The maximum Gasteiger partial charge on any atom is 0.251 e. The van der Waals surface area contributed by atoms with E-state index in [1.807, 2.05) is 19.1 Å². The SMILES string of the molecule is CCCNC(=O)c1ccc(S(=O)(=O)N2CC(c3cccnc3)C2)cc1. The number of sulfonamides is 1. The third kappa shape index (κ3) is 3.72. The molecule has 6 nitrogen and oxygen atoms in total. The first kappa shape index (κ1) is 17.6. The first-order valence-electron chi connectivity index (χ1n) is 8.30. The van der Waals surface area contributed by atoms with Gasteiger partial charge in [0.15, 0.2) is 0 Å². The summed E-state index contributed by atoms with van der Waals surface area (Å²) >= 11 is 0. The molecule has 1 amide bonds. The van der Waals surface area contributed by atoms with E-state index in [4.69, 9.17) is 0 Å². The van der Waals surface area contributed by atoms with Gasteiger partial charge in [0.2, 0.25) is 10.0 Å². The van der Waals surface area contributed by atoms with Crippen molar-refractivity contribution in [2.45, 2.75) is 24.2 Å². The van der Waals surface area contributed by atoms with Gasteiger partial charge in [-0.1, -0.05) is 13.0 Å². The highest BCUT2D eigenvalue weighted by molar-refractivity contribution is 7.89. The number of benzene rings is 1. The maximum atomic E-state index is 12.7. The summed E-state index contributed by atoms with van der Waals surface area (Å²) in [5.41, 5.74) is 1.51. The van der Waals surface area contributed by atoms with Crippen molar-refractivity contribution in [3.8, 4) is 0 Å². The van der Waals surface area contributed by atoms with Gasteiger partial charge in [0.1, 0.15) is 0 Å². The van der Waals surface area contributed by atoms with Crippen LogP contribution in [0.2, 0.25) is 0 Å². The number of nitrogens with zero attached hydrogens (tertiary/aromatic N) is 2. The van der Waals surface area contributed by atoms with Gasteiger partial charge in [-0.3, -0.25) is 9.78 Å². The Labute approximate surface area is 147 Å². The molecule has 1 aliphatic rings. The molecule has 0 saturated carbocycles. The molecule has 1 N–H and O–H groups in total. The zero-order valence-corrected chi connectivity index (χ0v) is 14.9. The van der Waals surface area contributed by atoms with Crippen LogP contribution < -0.4 is 5.32 Å². The van der Waals surface area contributed by atoms with E-state index in [-0.39, 0.29) is 16.7 Å². The molecule has 1 fully saturated rings. The van der Waals surface area contributed by atoms with E-state index >= 15 is 0 Å². The molecule has 1 aromatic heterocycles. The second kappa shape index (κ2) is 7.33. The average molecular weight is 359 g/mol. The fourth-order valence-corrected chi connectivity index (χ4v) is 4.26. The zero-order chi connectivity index (χ0) is 17.9. The lowest BCUT2D eigenvalue weighted by molar-refractivity contribution is 0.0953. The van der Waals surface area contributed by atoms with E-state index in [0.29, 0.717) is 25.2 Å². The van der Waals surface area contributed by atoms with Crippen molar-refractivity contribution in [2.24, 2.45) is 0 Å². The smallest absolute Gasteiger partial charge is 0.251 e. The number of pyridine rings is 1. The van der Waals surface area contributed by atoms with Gasteiger partial charge in [-0.2, -0.15) is 4.31 Å². The van der Waals surface area contributed by atoms with E-state index in [0.717, 1.165) is 12.0 Å². The minimum Gasteiger partial charge on any atom is -0.352 e. The van der Waals surface area contributed by atoms with Gasteiger partial charge in [0.25, 0.3) is 5.91 Å². The van der Waals surface area contributed by atoms with Crippen LogP contribution in [0.5, 0.6) is 0 Å². The molecule has 0 spiro atoms. The quantitative estimate of drug-likeness (QED) is 0.856. The van der Waals surface area contributed by atoms with Crippen molar-refractivity contribution >= 4 is 15.9 Å². The third-order valence-corrected chi connectivity index (χ3v) is 6.14. The Hall–Kier alpha value is -2.25. The molecule has 25 heavy (non-hydrogen) atoms. The third-order valence-electron chi connectivity index (χ3n) is 4.29. The van der Waals surface area contributed by atoms with Crippen LogP contribution in [0.3, 0.4) is 0 Å². The lowest BCUT2D eigenvalue weighted by Crippen LogP contribution is -2.48. The van der Waals surface area contributed by atoms with E-state index in [1.54, 1.807) is 24.5 Å².